The van der Waals surface area contributed by atoms with Crippen molar-refractivity contribution in [2.45, 2.75) is 6.54 Å². The number of amides is 3. The molecule has 0 aliphatic heterocycles. The van der Waals surface area contributed by atoms with E-state index in [0.717, 1.165) is 11.6 Å². The highest BCUT2D eigenvalue weighted by Crippen LogP contribution is 2.20. The molecule has 0 aliphatic rings. The third-order valence-electron chi connectivity index (χ3n) is 2.97. The zero-order chi connectivity index (χ0) is 17.5. The molecule has 6 nitrogen and oxygen atoms in total. The summed E-state index contributed by atoms with van der Waals surface area (Å²) in [5.74, 6) is -0.587. The molecule has 0 spiro atoms. The first-order valence-corrected chi connectivity index (χ1v) is 7.32. The fourth-order valence-electron chi connectivity index (χ4n) is 1.82. The number of carbonyl (C=O) groups excluding carboxylic acids is 2. The van der Waals surface area contributed by atoms with Crippen molar-refractivity contribution in [1.82, 2.24) is 5.32 Å². The van der Waals surface area contributed by atoms with Crippen molar-refractivity contribution < 1.29 is 18.7 Å². The van der Waals surface area contributed by atoms with Crippen LogP contribution in [0.1, 0.15) is 5.56 Å². The number of hydrogen-bond donors (Lipinski definition) is 3. The molecule has 8 heteroatoms. The molecule has 0 aromatic heterocycles. The standard InChI is InChI=1S/C16H15ClFN3O3/c17-13-7-12(5-6-14(13)18)24-9-15(22)20-8-10-1-3-11(4-2-10)21-16(19)23/h1-7H,8-9H2,(H,20,22)(H3,19,21,23). The molecule has 0 heterocycles. The van der Waals surface area contributed by atoms with Crippen molar-refractivity contribution in [2.75, 3.05) is 11.9 Å². The Bertz CT molecular complexity index is 738. The number of hydrogen-bond acceptors (Lipinski definition) is 3. The van der Waals surface area contributed by atoms with E-state index in [2.05, 4.69) is 10.6 Å². The molecule has 0 unspecified atom stereocenters. The summed E-state index contributed by atoms with van der Waals surface area (Å²) < 4.78 is 18.2. The van der Waals surface area contributed by atoms with Crippen LogP contribution in [0.25, 0.3) is 0 Å². The lowest BCUT2D eigenvalue weighted by Gasteiger charge is -2.09. The van der Waals surface area contributed by atoms with Crippen LogP contribution in [0.15, 0.2) is 42.5 Å². The van der Waals surface area contributed by atoms with Crippen molar-refractivity contribution in [1.29, 1.82) is 0 Å². The van der Waals surface area contributed by atoms with E-state index in [0.29, 0.717) is 18.0 Å². The van der Waals surface area contributed by atoms with Gasteiger partial charge in [0.05, 0.1) is 5.02 Å². The number of ether oxygens (including phenoxy) is 1. The summed E-state index contributed by atoms with van der Waals surface area (Å²) in [4.78, 5) is 22.4. The molecule has 0 aliphatic carbocycles. The highest BCUT2D eigenvalue weighted by molar-refractivity contribution is 6.30. The quantitative estimate of drug-likeness (QED) is 0.746. The highest BCUT2D eigenvalue weighted by Gasteiger charge is 2.06. The monoisotopic (exact) mass is 351 g/mol. The van der Waals surface area contributed by atoms with Crippen LogP contribution in [-0.4, -0.2) is 18.5 Å². The topological polar surface area (TPSA) is 93.5 Å². The Morgan fingerprint density at radius 1 is 1.17 bits per heavy atom. The zero-order valence-corrected chi connectivity index (χ0v) is 13.3. The van der Waals surface area contributed by atoms with Crippen LogP contribution in [-0.2, 0) is 11.3 Å². The average molecular weight is 352 g/mol. The van der Waals surface area contributed by atoms with E-state index in [1.807, 2.05) is 0 Å². The van der Waals surface area contributed by atoms with Gasteiger partial charge in [-0.1, -0.05) is 23.7 Å². The molecule has 0 radical (unpaired) electrons. The third kappa shape index (κ3) is 5.44. The normalized spacial score (nSPS) is 10.1. The van der Waals surface area contributed by atoms with Crippen molar-refractivity contribution in [3.8, 4) is 5.75 Å². The molecule has 3 amide bonds. The van der Waals surface area contributed by atoms with E-state index >= 15 is 0 Å². The zero-order valence-electron chi connectivity index (χ0n) is 12.5. The summed E-state index contributed by atoms with van der Waals surface area (Å²) in [6.07, 6.45) is 0. The minimum Gasteiger partial charge on any atom is -0.484 e. The van der Waals surface area contributed by atoms with E-state index in [1.54, 1.807) is 24.3 Å². The van der Waals surface area contributed by atoms with Gasteiger partial charge in [-0.2, -0.15) is 0 Å². The second-order valence-electron chi connectivity index (χ2n) is 4.83. The van der Waals surface area contributed by atoms with Crippen LogP contribution in [0.3, 0.4) is 0 Å². The SMILES string of the molecule is NC(=O)Nc1ccc(CNC(=O)COc2ccc(F)c(Cl)c2)cc1. The maximum absolute atomic E-state index is 13.0. The van der Waals surface area contributed by atoms with E-state index in [9.17, 15) is 14.0 Å². The van der Waals surface area contributed by atoms with Gasteiger partial charge in [0.15, 0.2) is 6.61 Å². The molecule has 0 saturated carbocycles. The number of urea groups is 1. The third-order valence-corrected chi connectivity index (χ3v) is 3.26. The number of benzene rings is 2. The van der Waals surface area contributed by atoms with E-state index in [-0.39, 0.29) is 17.5 Å². The van der Waals surface area contributed by atoms with Crippen LogP contribution in [0.5, 0.6) is 5.75 Å². The Morgan fingerprint density at radius 2 is 1.88 bits per heavy atom. The molecule has 2 aromatic rings. The maximum Gasteiger partial charge on any atom is 0.316 e. The molecule has 0 fully saturated rings. The van der Waals surface area contributed by atoms with E-state index in [4.69, 9.17) is 22.1 Å². The summed E-state index contributed by atoms with van der Waals surface area (Å²) in [7, 11) is 0. The van der Waals surface area contributed by atoms with Gasteiger partial charge < -0.3 is 21.1 Å². The Hall–Kier alpha value is -2.80. The summed E-state index contributed by atoms with van der Waals surface area (Å²) in [5.41, 5.74) is 6.41. The molecule has 2 rings (SSSR count). The molecule has 24 heavy (non-hydrogen) atoms. The smallest absolute Gasteiger partial charge is 0.316 e. The Kier molecular flexibility index (Phi) is 5.97. The van der Waals surface area contributed by atoms with Crippen LogP contribution in [0, 0.1) is 5.82 Å². The molecule has 0 bridgehead atoms. The average Bonchev–Trinajstić information content (AvgIpc) is 2.55. The van der Waals surface area contributed by atoms with Gasteiger partial charge in [-0.15, -0.1) is 0 Å². The van der Waals surface area contributed by atoms with E-state index < -0.39 is 11.8 Å². The lowest BCUT2D eigenvalue weighted by atomic mass is 10.2. The van der Waals surface area contributed by atoms with Crippen molar-refractivity contribution in [3.05, 3.63) is 58.9 Å². The van der Waals surface area contributed by atoms with Gasteiger partial charge in [-0.25, -0.2) is 9.18 Å². The number of halogens is 2. The van der Waals surface area contributed by atoms with Crippen molar-refractivity contribution >= 4 is 29.2 Å². The van der Waals surface area contributed by atoms with Gasteiger partial charge in [0.1, 0.15) is 11.6 Å². The molecule has 126 valence electrons. The summed E-state index contributed by atoms with van der Waals surface area (Å²) >= 11 is 5.62. The first-order chi connectivity index (χ1) is 11.4. The van der Waals surface area contributed by atoms with Crippen LogP contribution in [0.4, 0.5) is 14.9 Å². The number of anilines is 1. The highest BCUT2D eigenvalue weighted by atomic mass is 35.5. The Morgan fingerprint density at radius 3 is 2.50 bits per heavy atom. The van der Waals surface area contributed by atoms with Gasteiger partial charge in [0.2, 0.25) is 0 Å². The van der Waals surface area contributed by atoms with E-state index in [1.165, 1.54) is 12.1 Å². The molecule has 4 N–H and O–H groups in total. The van der Waals surface area contributed by atoms with Gasteiger partial charge in [-0.05, 0) is 29.8 Å². The number of carbonyl (C=O) groups is 2. The lowest BCUT2D eigenvalue weighted by molar-refractivity contribution is -0.123. The fourth-order valence-corrected chi connectivity index (χ4v) is 1.99. The second kappa shape index (κ2) is 8.16. The Labute approximate surface area is 142 Å². The lowest BCUT2D eigenvalue weighted by Crippen LogP contribution is -2.28. The number of primary amides is 1. The number of rotatable bonds is 6. The molecule has 0 saturated heterocycles. The molecular weight excluding hydrogens is 337 g/mol. The minimum absolute atomic E-state index is 0.0717. The molecular formula is C16H15ClFN3O3. The van der Waals surface area contributed by atoms with Crippen LogP contribution < -0.4 is 21.1 Å². The minimum atomic E-state index is -0.644. The van der Waals surface area contributed by atoms with Gasteiger partial charge in [-0.3, -0.25) is 4.79 Å². The molecule has 2 aromatic carbocycles. The first kappa shape index (κ1) is 17.6. The Balaban J connectivity index is 1.78. The summed E-state index contributed by atoms with van der Waals surface area (Å²) in [5, 5.41) is 5.04. The largest absolute Gasteiger partial charge is 0.484 e. The summed E-state index contributed by atoms with van der Waals surface area (Å²) in [6, 6.07) is 10.0. The number of nitrogens with one attached hydrogen (secondary N) is 2. The van der Waals surface area contributed by atoms with Crippen LogP contribution >= 0.6 is 11.6 Å². The second-order valence-corrected chi connectivity index (χ2v) is 5.23. The predicted molar refractivity (Wildman–Crippen MR) is 88.4 cm³/mol. The number of nitrogens with two attached hydrogens (primary N) is 1. The predicted octanol–water partition coefficient (Wildman–Crippen LogP) is 2.66. The first-order valence-electron chi connectivity index (χ1n) is 6.94. The fraction of sp³-hybridized carbons (Fsp3) is 0.125. The van der Waals surface area contributed by atoms with Crippen LogP contribution in [0.2, 0.25) is 5.02 Å². The summed E-state index contributed by atoms with van der Waals surface area (Å²) in [6.45, 7) is 0.0759. The van der Waals surface area contributed by atoms with Gasteiger partial charge in [0, 0.05) is 18.3 Å². The van der Waals surface area contributed by atoms with Gasteiger partial charge >= 0.3 is 6.03 Å². The van der Waals surface area contributed by atoms with Crippen molar-refractivity contribution in [2.24, 2.45) is 5.73 Å². The van der Waals surface area contributed by atoms with Crippen molar-refractivity contribution in [3.63, 3.8) is 0 Å². The molecule has 0 atom stereocenters. The maximum atomic E-state index is 13.0. The van der Waals surface area contributed by atoms with Gasteiger partial charge in [0.25, 0.3) is 5.91 Å².